The van der Waals surface area contributed by atoms with E-state index in [9.17, 15) is 5.11 Å². The summed E-state index contributed by atoms with van der Waals surface area (Å²) in [6.45, 7) is 21.5. The zero-order valence-electron chi connectivity index (χ0n) is 23.8. The van der Waals surface area contributed by atoms with Gasteiger partial charge < -0.3 is 9.53 Å². The van der Waals surface area contributed by atoms with Crippen LogP contribution in [-0.2, 0) is 4.43 Å². The molecule has 3 fully saturated rings. The van der Waals surface area contributed by atoms with Crippen LogP contribution in [0.25, 0.3) is 0 Å². The van der Waals surface area contributed by atoms with Crippen LogP contribution in [0.4, 0.5) is 0 Å². The van der Waals surface area contributed by atoms with Gasteiger partial charge in [-0.05, 0) is 117 Å². The Morgan fingerprint density at radius 2 is 1.71 bits per heavy atom. The molecule has 0 spiro atoms. The number of aliphatic hydroxyl groups is 1. The minimum atomic E-state index is -1.73. The number of hydrogen-bond donors (Lipinski definition) is 1. The molecule has 4 aliphatic carbocycles. The normalized spacial score (nSPS) is 39.9. The van der Waals surface area contributed by atoms with Crippen LogP contribution >= 0.6 is 0 Å². The number of hydrogen-bond acceptors (Lipinski definition) is 2. The average Bonchev–Trinajstić information content (AvgIpc) is 3.08. The quantitative estimate of drug-likeness (QED) is 0.380. The Bertz CT molecular complexity index is 818. The van der Waals surface area contributed by atoms with Gasteiger partial charge in [0.2, 0.25) is 0 Å². The van der Waals surface area contributed by atoms with Gasteiger partial charge in [0.15, 0.2) is 8.32 Å². The third-order valence-corrected chi connectivity index (χ3v) is 16.1. The third-order valence-electron chi connectivity index (χ3n) is 11.6. The first-order valence-corrected chi connectivity index (χ1v) is 17.4. The minimum Gasteiger partial charge on any atom is -0.414 e. The fourth-order valence-corrected chi connectivity index (χ4v) is 9.73. The fraction of sp³-hybridized carbons (Fsp3) is 0.871. The number of rotatable bonds is 6. The number of aliphatic hydroxyl groups excluding tert-OH is 1. The maximum absolute atomic E-state index is 9.83. The number of allylic oxidation sites excluding steroid dienone is 3. The second kappa shape index (κ2) is 9.17. The van der Waals surface area contributed by atoms with Crippen molar-refractivity contribution in [3.8, 4) is 0 Å². The molecule has 0 saturated heterocycles. The predicted molar refractivity (Wildman–Crippen MR) is 147 cm³/mol. The van der Waals surface area contributed by atoms with E-state index in [2.05, 4.69) is 66.8 Å². The molecule has 1 N–H and O–H groups in total. The average molecular weight is 487 g/mol. The van der Waals surface area contributed by atoms with Crippen molar-refractivity contribution in [2.45, 2.75) is 137 Å². The molecule has 4 aliphatic rings. The van der Waals surface area contributed by atoms with Gasteiger partial charge in [-0.1, -0.05) is 64.8 Å². The van der Waals surface area contributed by atoms with Gasteiger partial charge in [-0.2, -0.15) is 0 Å². The van der Waals surface area contributed by atoms with E-state index in [-0.39, 0.29) is 11.1 Å². The van der Waals surface area contributed by atoms with E-state index in [1.54, 1.807) is 11.1 Å². The summed E-state index contributed by atoms with van der Waals surface area (Å²) in [5.74, 6) is 3.03. The Balaban J connectivity index is 1.52. The summed E-state index contributed by atoms with van der Waals surface area (Å²) in [6, 6.07) is 0. The molecule has 0 unspecified atom stereocenters. The van der Waals surface area contributed by atoms with Crippen molar-refractivity contribution in [3.05, 3.63) is 23.3 Å². The van der Waals surface area contributed by atoms with Gasteiger partial charge in [-0.3, -0.25) is 0 Å². The summed E-state index contributed by atoms with van der Waals surface area (Å²) < 4.78 is 6.90. The van der Waals surface area contributed by atoms with Crippen molar-refractivity contribution < 1.29 is 9.53 Å². The molecule has 2 nitrogen and oxygen atoms in total. The second-order valence-electron chi connectivity index (χ2n) is 14.8. The Kier molecular flexibility index (Phi) is 7.20. The van der Waals surface area contributed by atoms with Crippen molar-refractivity contribution >= 4 is 8.32 Å². The molecule has 0 heterocycles. The highest BCUT2D eigenvalue weighted by atomic mass is 28.4. The van der Waals surface area contributed by atoms with E-state index in [0.29, 0.717) is 16.9 Å². The largest absolute Gasteiger partial charge is 0.414 e. The zero-order valence-corrected chi connectivity index (χ0v) is 24.8. The predicted octanol–water partition coefficient (Wildman–Crippen LogP) is 8.67. The topological polar surface area (TPSA) is 29.5 Å². The monoisotopic (exact) mass is 486 g/mol. The van der Waals surface area contributed by atoms with Crippen LogP contribution < -0.4 is 0 Å². The summed E-state index contributed by atoms with van der Waals surface area (Å²) >= 11 is 0. The number of fused-ring (bicyclic) bond motifs is 5. The third kappa shape index (κ3) is 4.56. The Hall–Kier alpha value is -0.383. The highest BCUT2D eigenvalue weighted by Gasteiger charge is 2.57. The van der Waals surface area contributed by atoms with E-state index in [1.807, 2.05) is 6.92 Å². The Labute approximate surface area is 212 Å². The van der Waals surface area contributed by atoms with Gasteiger partial charge in [-0.25, -0.2) is 0 Å². The lowest BCUT2D eigenvalue weighted by Crippen LogP contribution is -2.49. The van der Waals surface area contributed by atoms with E-state index >= 15 is 0 Å². The van der Waals surface area contributed by atoms with Crippen molar-refractivity contribution in [2.75, 3.05) is 0 Å². The van der Waals surface area contributed by atoms with Gasteiger partial charge in [0, 0.05) is 6.10 Å². The second-order valence-corrected chi connectivity index (χ2v) is 19.5. The zero-order chi connectivity index (χ0) is 25.1. The van der Waals surface area contributed by atoms with Crippen LogP contribution in [0.1, 0.15) is 106 Å². The van der Waals surface area contributed by atoms with Gasteiger partial charge >= 0.3 is 0 Å². The fourth-order valence-electron chi connectivity index (χ4n) is 8.34. The van der Waals surface area contributed by atoms with E-state index in [1.165, 1.54) is 44.9 Å². The standard InChI is InChI=1S/C31H54O2Si/c1-21(10-11-22(2)32)26-14-15-27-25-13-12-23-20-24(33-34(8,9)29(3,4)5)16-18-30(23,6)28(25)17-19-31(26,27)7/h12-13,21-22,24,26-28,32H,10-11,14-20H2,1-9H3/t21-,22-,24+,26-,27+,28+,30+,31-/m1/s1. The van der Waals surface area contributed by atoms with Crippen LogP contribution in [0.15, 0.2) is 23.3 Å². The van der Waals surface area contributed by atoms with Crippen LogP contribution in [-0.4, -0.2) is 25.6 Å². The molecule has 0 amide bonds. The summed E-state index contributed by atoms with van der Waals surface area (Å²) in [5, 5.41) is 10.1. The first kappa shape index (κ1) is 26.7. The first-order valence-electron chi connectivity index (χ1n) is 14.5. The van der Waals surface area contributed by atoms with Crippen LogP contribution in [0.5, 0.6) is 0 Å². The molecule has 0 aromatic carbocycles. The molecule has 4 rings (SSSR count). The molecule has 0 radical (unpaired) electrons. The van der Waals surface area contributed by atoms with Crippen molar-refractivity contribution in [3.63, 3.8) is 0 Å². The van der Waals surface area contributed by atoms with Crippen LogP contribution in [0.3, 0.4) is 0 Å². The summed E-state index contributed by atoms with van der Waals surface area (Å²) in [7, 11) is -1.73. The maximum atomic E-state index is 9.83. The van der Waals surface area contributed by atoms with Gasteiger partial charge in [0.1, 0.15) is 0 Å². The highest BCUT2D eigenvalue weighted by molar-refractivity contribution is 6.74. The van der Waals surface area contributed by atoms with Gasteiger partial charge in [0.25, 0.3) is 0 Å². The summed E-state index contributed by atoms with van der Waals surface area (Å²) in [5.41, 5.74) is 4.27. The van der Waals surface area contributed by atoms with E-state index in [4.69, 9.17) is 4.43 Å². The van der Waals surface area contributed by atoms with Crippen molar-refractivity contribution in [1.82, 2.24) is 0 Å². The molecule has 3 heteroatoms. The highest BCUT2D eigenvalue weighted by Crippen LogP contribution is 2.66. The molecule has 0 aromatic rings. The molecule has 0 aliphatic heterocycles. The molecule has 0 bridgehead atoms. The maximum Gasteiger partial charge on any atom is 0.192 e. The van der Waals surface area contributed by atoms with E-state index < -0.39 is 8.32 Å². The SMILES string of the molecule is C[C@H](CC[C@@H](C)O)[C@H]1CC[C@H]2C3=CC=C4C[C@@H](O[Si](C)(C)C(C)(C)C)CC[C@]4(C)[C@H]3CC[C@]12C. The Morgan fingerprint density at radius 3 is 2.35 bits per heavy atom. The van der Waals surface area contributed by atoms with E-state index in [0.717, 1.165) is 36.5 Å². The molecular weight excluding hydrogens is 432 g/mol. The lowest BCUT2D eigenvalue weighted by Gasteiger charge is -2.56. The van der Waals surface area contributed by atoms with Gasteiger partial charge in [-0.15, -0.1) is 0 Å². The summed E-state index contributed by atoms with van der Waals surface area (Å²) in [6.07, 6.45) is 16.7. The van der Waals surface area contributed by atoms with Crippen molar-refractivity contribution in [2.24, 2.45) is 34.5 Å². The van der Waals surface area contributed by atoms with Crippen LogP contribution in [0.2, 0.25) is 18.1 Å². The lowest BCUT2D eigenvalue weighted by molar-refractivity contribution is 0.0325. The molecule has 34 heavy (non-hydrogen) atoms. The Morgan fingerprint density at radius 1 is 1.00 bits per heavy atom. The minimum absolute atomic E-state index is 0.163. The molecule has 194 valence electrons. The molecular formula is C31H54O2Si. The lowest BCUT2D eigenvalue weighted by atomic mass is 9.50. The molecule has 8 atom stereocenters. The van der Waals surface area contributed by atoms with Crippen LogP contribution in [0, 0.1) is 34.5 Å². The molecule has 3 saturated carbocycles. The first-order chi connectivity index (χ1) is 15.7. The van der Waals surface area contributed by atoms with Crippen molar-refractivity contribution in [1.29, 1.82) is 0 Å². The summed E-state index contributed by atoms with van der Waals surface area (Å²) in [4.78, 5) is 0. The smallest absolute Gasteiger partial charge is 0.192 e. The molecule has 0 aromatic heterocycles. The van der Waals surface area contributed by atoms with Gasteiger partial charge in [0.05, 0.1) is 6.10 Å².